The van der Waals surface area contributed by atoms with E-state index >= 15 is 0 Å². The van der Waals surface area contributed by atoms with E-state index in [0.29, 0.717) is 22.3 Å². The Labute approximate surface area is 124 Å². The highest BCUT2D eigenvalue weighted by Crippen LogP contribution is 2.33. The van der Waals surface area contributed by atoms with Crippen LogP contribution >= 0.6 is 11.6 Å². The third kappa shape index (κ3) is 3.12. The van der Waals surface area contributed by atoms with Gasteiger partial charge in [-0.3, -0.25) is 0 Å². The molecule has 3 heteroatoms. The predicted molar refractivity (Wildman–Crippen MR) is 81.5 cm³/mol. The molecule has 102 valence electrons. The lowest BCUT2D eigenvalue weighted by molar-refractivity contribution is 0.478. The summed E-state index contributed by atoms with van der Waals surface area (Å²) < 4.78 is 5.89. The Hall–Kier alpha value is -1.98. The fraction of sp³-hybridized carbons (Fsp3) is 0.235. The number of nitrogens with zero attached hydrogens (tertiary/aromatic N) is 1. The number of ether oxygens (including phenoxy) is 1. The molecule has 0 unspecified atom stereocenters. The van der Waals surface area contributed by atoms with Crippen molar-refractivity contribution in [1.82, 2.24) is 0 Å². The van der Waals surface area contributed by atoms with E-state index in [-0.39, 0.29) is 0 Å². The molecule has 0 heterocycles. The van der Waals surface area contributed by atoms with Gasteiger partial charge in [0.2, 0.25) is 0 Å². The Morgan fingerprint density at radius 2 is 1.85 bits per heavy atom. The van der Waals surface area contributed by atoms with Crippen LogP contribution in [0.15, 0.2) is 36.4 Å². The van der Waals surface area contributed by atoms with Crippen LogP contribution in [0.5, 0.6) is 11.5 Å². The number of benzene rings is 2. The maximum Gasteiger partial charge on any atom is 0.146 e. The van der Waals surface area contributed by atoms with Crippen LogP contribution in [-0.4, -0.2) is 0 Å². The highest BCUT2D eigenvalue weighted by atomic mass is 35.5. The van der Waals surface area contributed by atoms with Gasteiger partial charge in [0, 0.05) is 0 Å². The number of rotatable bonds is 3. The largest absolute Gasteiger partial charge is 0.456 e. The lowest BCUT2D eigenvalue weighted by Gasteiger charge is -2.13. The first-order valence-electron chi connectivity index (χ1n) is 6.49. The topological polar surface area (TPSA) is 33.0 Å². The van der Waals surface area contributed by atoms with E-state index in [1.165, 1.54) is 5.56 Å². The van der Waals surface area contributed by atoms with Crippen LogP contribution in [0.4, 0.5) is 0 Å². The Balaban J connectivity index is 2.35. The molecular formula is C17H16ClNO. The smallest absolute Gasteiger partial charge is 0.146 e. The molecule has 0 aliphatic carbocycles. The molecule has 2 rings (SSSR count). The van der Waals surface area contributed by atoms with Crippen molar-refractivity contribution in [1.29, 1.82) is 5.26 Å². The lowest BCUT2D eigenvalue weighted by Crippen LogP contribution is -1.93. The van der Waals surface area contributed by atoms with Gasteiger partial charge in [-0.25, -0.2) is 0 Å². The molecule has 0 aliphatic rings. The summed E-state index contributed by atoms with van der Waals surface area (Å²) >= 11 is 6.14. The van der Waals surface area contributed by atoms with Gasteiger partial charge >= 0.3 is 0 Å². The summed E-state index contributed by atoms with van der Waals surface area (Å²) in [6, 6.07) is 13.3. The van der Waals surface area contributed by atoms with Gasteiger partial charge in [0.1, 0.15) is 11.5 Å². The maximum atomic E-state index is 8.83. The zero-order valence-corrected chi connectivity index (χ0v) is 12.5. The molecule has 0 bridgehead atoms. The van der Waals surface area contributed by atoms with Crippen LogP contribution in [0.2, 0.25) is 5.02 Å². The van der Waals surface area contributed by atoms with Crippen LogP contribution in [0.3, 0.4) is 0 Å². The first-order chi connectivity index (χ1) is 9.51. The number of aryl methyl sites for hydroxylation is 1. The van der Waals surface area contributed by atoms with Crippen molar-refractivity contribution >= 4 is 11.6 Å². The zero-order chi connectivity index (χ0) is 14.7. The highest BCUT2D eigenvalue weighted by molar-refractivity contribution is 6.32. The van der Waals surface area contributed by atoms with Crippen molar-refractivity contribution in [2.75, 3.05) is 0 Å². The third-order valence-electron chi connectivity index (χ3n) is 3.16. The lowest BCUT2D eigenvalue weighted by atomic mass is 10.0. The van der Waals surface area contributed by atoms with E-state index in [0.717, 1.165) is 11.3 Å². The van der Waals surface area contributed by atoms with Gasteiger partial charge in [-0.15, -0.1) is 0 Å². The second kappa shape index (κ2) is 5.98. The first-order valence-corrected chi connectivity index (χ1v) is 6.87. The van der Waals surface area contributed by atoms with Gasteiger partial charge in [-0.1, -0.05) is 37.6 Å². The summed E-state index contributed by atoms with van der Waals surface area (Å²) in [4.78, 5) is 0. The number of hydrogen-bond donors (Lipinski definition) is 0. The molecule has 2 aromatic carbocycles. The van der Waals surface area contributed by atoms with Gasteiger partial charge in [0.15, 0.2) is 0 Å². The minimum absolute atomic E-state index is 0.439. The molecule has 2 nitrogen and oxygen atoms in total. The van der Waals surface area contributed by atoms with Crippen LogP contribution < -0.4 is 4.74 Å². The van der Waals surface area contributed by atoms with Crippen molar-refractivity contribution in [3.8, 4) is 17.6 Å². The molecule has 0 saturated heterocycles. The Bertz CT molecular complexity index is 671. The van der Waals surface area contributed by atoms with Crippen molar-refractivity contribution in [3.05, 3.63) is 58.1 Å². The Morgan fingerprint density at radius 3 is 2.45 bits per heavy atom. The van der Waals surface area contributed by atoms with E-state index in [4.69, 9.17) is 21.6 Å². The van der Waals surface area contributed by atoms with E-state index in [9.17, 15) is 0 Å². The minimum Gasteiger partial charge on any atom is -0.456 e. The van der Waals surface area contributed by atoms with Gasteiger partial charge in [0.25, 0.3) is 0 Å². The van der Waals surface area contributed by atoms with Crippen LogP contribution in [0.1, 0.15) is 36.5 Å². The molecule has 0 saturated carbocycles. The average molecular weight is 286 g/mol. The predicted octanol–water partition coefficient (Wildman–Crippen LogP) is 5.44. The molecule has 0 radical (unpaired) electrons. The monoisotopic (exact) mass is 285 g/mol. The number of halogens is 1. The molecule has 0 aliphatic heterocycles. The third-order valence-corrected chi connectivity index (χ3v) is 3.46. The molecule has 0 N–H and O–H groups in total. The van der Waals surface area contributed by atoms with E-state index in [1.807, 2.05) is 19.1 Å². The van der Waals surface area contributed by atoms with Crippen molar-refractivity contribution in [2.45, 2.75) is 26.7 Å². The second-order valence-electron chi connectivity index (χ2n) is 5.04. The molecule has 0 spiro atoms. The standard InChI is InChI=1S/C17H16ClNO/c1-11(2)14-6-4-12(3)17(9-14)20-16-7-5-13(10-19)8-15(16)18/h4-9,11H,1-3H3. The summed E-state index contributed by atoms with van der Waals surface area (Å²) in [7, 11) is 0. The van der Waals surface area contributed by atoms with Gasteiger partial charge in [0.05, 0.1) is 16.7 Å². The van der Waals surface area contributed by atoms with Crippen LogP contribution in [0.25, 0.3) is 0 Å². The molecular weight excluding hydrogens is 270 g/mol. The first kappa shape index (κ1) is 14.4. The second-order valence-corrected chi connectivity index (χ2v) is 5.45. The maximum absolute atomic E-state index is 8.83. The molecule has 0 aromatic heterocycles. The number of hydrogen-bond acceptors (Lipinski definition) is 2. The fourth-order valence-corrected chi connectivity index (χ4v) is 2.08. The highest BCUT2D eigenvalue weighted by Gasteiger charge is 2.09. The molecule has 0 atom stereocenters. The fourth-order valence-electron chi connectivity index (χ4n) is 1.86. The van der Waals surface area contributed by atoms with Crippen LogP contribution in [0, 0.1) is 18.3 Å². The molecule has 2 aromatic rings. The normalized spacial score (nSPS) is 10.4. The van der Waals surface area contributed by atoms with Crippen molar-refractivity contribution < 1.29 is 4.74 Å². The number of nitriles is 1. The summed E-state index contributed by atoms with van der Waals surface area (Å²) in [5.74, 6) is 1.80. The Kier molecular flexibility index (Phi) is 4.32. The van der Waals surface area contributed by atoms with E-state index in [1.54, 1.807) is 18.2 Å². The van der Waals surface area contributed by atoms with Crippen molar-refractivity contribution in [3.63, 3.8) is 0 Å². The zero-order valence-electron chi connectivity index (χ0n) is 11.8. The van der Waals surface area contributed by atoms with Gasteiger partial charge in [-0.05, 0) is 48.2 Å². The summed E-state index contributed by atoms with van der Waals surface area (Å²) in [5, 5.41) is 9.28. The summed E-state index contributed by atoms with van der Waals surface area (Å²) in [6.45, 7) is 6.28. The van der Waals surface area contributed by atoms with E-state index in [2.05, 4.69) is 26.0 Å². The van der Waals surface area contributed by atoms with Gasteiger partial charge in [-0.2, -0.15) is 5.26 Å². The molecule has 0 amide bonds. The van der Waals surface area contributed by atoms with Gasteiger partial charge < -0.3 is 4.74 Å². The quantitative estimate of drug-likeness (QED) is 0.752. The summed E-state index contributed by atoms with van der Waals surface area (Å²) in [6.07, 6.45) is 0. The SMILES string of the molecule is Cc1ccc(C(C)C)cc1Oc1ccc(C#N)cc1Cl. The van der Waals surface area contributed by atoms with E-state index < -0.39 is 0 Å². The summed E-state index contributed by atoms with van der Waals surface area (Å²) in [5.41, 5.74) is 2.79. The van der Waals surface area contributed by atoms with Crippen LogP contribution in [-0.2, 0) is 0 Å². The average Bonchev–Trinajstić information content (AvgIpc) is 2.42. The molecule has 0 fully saturated rings. The Morgan fingerprint density at radius 1 is 1.10 bits per heavy atom. The molecule has 20 heavy (non-hydrogen) atoms. The minimum atomic E-state index is 0.439. The van der Waals surface area contributed by atoms with Crippen molar-refractivity contribution in [2.24, 2.45) is 0 Å².